The van der Waals surface area contributed by atoms with E-state index in [1.54, 1.807) is 59.4 Å². The van der Waals surface area contributed by atoms with Gasteiger partial charge in [0.1, 0.15) is 5.70 Å². The van der Waals surface area contributed by atoms with Crippen LogP contribution in [0.15, 0.2) is 60.7 Å². The fourth-order valence-electron chi connectivity index (χ4n) is 2.45. The molecule has 4 rings (SSSR count). The average molecular weight is 305 g/mol. The first-order valence-corrected chi connectivity index (χ1v) is 6.94. The van der Waals surface area contributed by atoms with Crippen LogP contribution in [-0.4, -0.2) is 26.3 Å². The van der Waals surface area contributed by atoms with E-state index in [0.29, 0.717) is 17.2 Å². The number of carbonyl (C=O) groups is 2. The van der Waals surface area contributed by atoms with Gasteiger partial charge in [0.05, 0.1) is 17.6 Å². The summed E-state index contributed by atoms with van der Waals surface area (Å²) < 4.78 is 1.73. The van der Waals surface area contributed by atoms with Crippen LogP contribution >= 0.6 is 0 Å². The standard InChI is InChI=1S/C16H11N5O2/c22-14-13(9-12-10-18-15-17-7-4-8-20(12)15)19-16(23)21(14)11-5-2-1-3-6-11/h1-10H,(H,19,23)/b13-9-. The number of imide groups is 1. The predicted molar refractivity (Wildman–Crippen MR) is 83.4 cm³/mol. The van der Waals surface area contributed by atoms with Crippen LogP contribution in [0.1, 0.15) is 5.69 Å². The second-order valence-corrected chi connectivity index (χ2v) is 4.94. The van der Waals surface area contributed by atoms with Gasteiger partial charge in [-0.2, -0.15) is 0 Å². The van der Waals surface area contributed by atoms with Gasteiger partial charge in [-0.25, -0.2) is 19.7 Å². The lowest BCUT2D eigenvalue weighted by Gasteiger charge is -2.10. The van der Waals surface area contributed by atoms with E-state index < -0.39 is 11.9 Å². The molecule has 1 N–H and O–H groups in total. The lowest BCUT2D eigenvalue weighted by molar-refractivity contribution is -0.113. The Kier molecular flexibility index (Phi) is 2.90. The number of urea groups is 1. The molecule has 1 fully saturated rings. The third-order valence-electron chi connectivity index (χ3n) is 3.50. The van der Waals surface area contributed by atoms with Gasteiger partial charge in [0.15, 0.2) is 0 Å². The Bertz CT molecular complexity index is 945. The Morgan fingerprint density at radius 3 is 2.70 bits per heavy atom. The van der Waals surface area contributed by atoms with Gasteiger partial charge < -0.3 is 5.32 Å². The first-order valence-electron chi connectivity index (χ1n) is 6.94. The molecule has 23 heavy (non-hydrogen) atoms. The van der Waals surface area contributed by atoms with E-state index in [9.17, 15) is 9.59 Å². The van der Waals surface area contributed by atoms with E-state index in [0.717, 1.165) is 4.90 Å². The summed E-state index contributed by atoms with van der Waals surface area (Å²) in [5, 5.41) is 2.59. The van der Waals surface area contributed by atoms with Crippen molar-refractivity contribution in [1.82, 2.24) is 19.7 Å². The maximum atomic E-state index is 12.5. The van der Waals surface area contributed by atoms with Crippen molar-refractivity contribution in [2.24, 2.45) is 0 Å². The van der Waals surface area contributed by atoms with Gasteiger partial charge in [-0.1, -0.05) is 18.2 Å². The maximum Gasteiger partial charge on any atom is 0.333 e. The molecule has 0 unspecified atom stereocenters. The van der Waals surface area contributed by atoms with Crippen molar-refractivity contribution in [2.45, 2.75) is 0 Å². The zero-order valence-electron chi connectivity index (χ0n) is 11.9. The van der Waals surface area contributed by atoms with Crippen LogP contribution in [-0.2, 0) is 4.79 Å². The Morgan fingerprint density at radius 1 is 1.04 bits per heavy atom. The summed E-state index contributed by atoms with van der Waals surface area (Å²) in [6, 6.07) is 10.1. The van der Waals surface area contributed by atoms with Gasteiger partial charge in [0, 0.05) is 12.4 Å². The summed E-state index contributed by atoms with van der Waals surface area (Å²) in [5.74, 6) is 0.121. The highest BCUT2D eigenvalue weighted by atomic mass is 16.2. The number of nitrogens with zero attached hydrogens (tertiary/aromatic N) is 4. The molecule has 1 saturated heterocycles. The number of anilines is 1. The van der Waals surface area contributed by atoms with Crippen molar-refractivity contribution in [3.63, 3.8) is 0 Å². The Labute approximate surface area is 130 Å². The molecule has 0 atom stereocenters. The highest BCUT2D eigenvalue weighted by molar-refractivity contribution is 6.28. The summed E-state index contributed by atoms with van der Waals surface area (Å²) in [7, 11) is 0. The van der Waals surface area contributed by atoms with Crippen LogP contribution in [0.2, 0.25) is 0 Å². The number of imidazole rings is 1. The van der Waals surface area contributed by atoms with Crippen LogP contribution in [0.4, 0.5) is 10.5 Å². The van der Waals surface area contributed by atoms with Crippen molar-refractivity contribution < 1.29 is 9.59 Å². The number of fused-ring (bicyclic) bond motifs is 1. The lowest BCUT2D eigenvalue weighted by Crippen LogP contribution is -2.30. The molecule has 1 aliphatic heterocycles. The maximum absolute atomic E-state index is 12.5. The smallest absolute Gasteiger partial charge is 0.302 e. The fourth-order valence-corrected chi connectivity index (χ4v) is 2.45. The van der Waals surface area contributed by atoms with Crippen LogP contribution < -0.4 is 10.2 Å². The molecule has 3 amide bonds. The van der Waals surface area contributed by atoms with Crippen LogP contribution in [0, 0.1) is 0 Å². The van der Waals surface area contributed by atoms with Gasteiger partial charge in [-0.05, 0) is 24.3 Å². The quantitative estimate of drug-likeness (QED) is 0.578. The number of benzene rings is 1. The molecule has 0 saturated carbocycles. The number of para-hydroxylation sites is 1. The van der Waals surface area contributed by atoms with E-state index in [1.165, 1.54) is 0 Å². The van der Waals surface area contributed by atoms with Crippen molar-refractivity contribution in [1.29, 1.82) is 0 Å². The number of nitrogens with one attached hydrogen (secondary N) is 1. The van der Waals surface area contributed by atoms with Gasteiger partial charge in [-0.15, -0.1) is 0 Å². The van der Waals surface area contributed by atoms with Crippen molar-refractivity contribution in [3.05, 3.63) is 66.4 Å². The van der Waals surface area contributed by atoms with Gasteiger partial charge in [0.2, 0.25) is 5.78 Å². The van der Waals surface area contributed by atoms with Gasteiger partial charge >= 0.3 is 6.03 Å². The summed E-state index contributed by atoms with van der Waals surface area (Å²) in [6.45, 7) is 0. The molecule has 7 nitrogen and oxygen atoms in total. The van der Waals surface area contributed by atoms with Gasteiger partial charge in [0.25, 0.3) is 5.91 Å². The minimum atomic E-state index is -0.473. The number of aromatic nitrogens is 3. The zero-order chi connectivity index (χ0) is 15.8. The molecule has 0 radical (unpaired) electrons. The van der Waals surface area contributed by atoms with Crippen LogP contribution in [0.25, 0.3) is 11.9 Å². The first-order chi connectivity index (χ1) is 11.2. The minimum absolute atomic E-state index is 0.199. The second kappa shape index (κ2) is 5.06. The van der Waals surface area contributed by atoms with Crippen molar-refractivity contribution in [2.75, 3.05) is 4.90 Å². The molecule has 1 aliphatic rings. The molecular weight excluding hydrogens is 294 g/mol. The number of rotatable bonds is 2. The molecule has 7 heteroatoms. The molecule has 0 aliphatic carbocycles. The Morgan fingerprint density at radius 2 is 1.87 bits per heavy atom. The van der Waals surface area contributed by atoms with E-state index in [1.807, 2.05) is 6.07 Å². The molecule has 3 heterocycles. The summed E-state index contributed by atoms with van der Waals surface area (Å²) in [6.07, 6.45) is 6.61. The van der Waals surface area contributed by atoms with Crippen LogP contribution in [0.5, 0.6) is 0 Å². The van der Waals surface area contributed by atoms with E-state index in [-0.39, 0.29) is 5.70 Å². The number of hydrogen-bond donors (Lipinski definition) is 1. The molecular formula is C16H11N5O2. The Hall–Kier alpha value is -3.48. The highest BCUT2D eigenvalue weighted by Gasteiger charge is 2.34. The average Bonchev–Trinajstić information content (AvgIpc) is 3.10. The predicted octanol–water partition coefficient (Wildman–Crippen LogP) is 1.83. The van der Waals surface area contributed by atoms with E-state index in [4.69, 9.17) is 0 Å². The monoisotopic (exact) mass is 305 g/mol. The largest absolute Gasteiger partial charge is 0.333 e. The first kappa shape index (κ1) is 13.2. The third-order valence-corrected chi connectivity index (χ3v) is 3.50. The molecule has 112 valence electrons. The van der Waals surface area contributed by atoms with Crippen molar-refractivity contribution >= 4 is 29.5 Å². The lowest BCUT2D eigenvalue weighted by atomic mass is 10.3. The SMILES string of the molecule is O=C1N/C(=C\c2cnc3ncccn23)C(=O)N1c1ccccc1. The molecule has 2 aromatic heterocycles. The molecule has 0 bridgehead atoms. The normalized spacial score (nSPS) is 16.3. The van der Waals surface area contributed by atoms with E-state index >= 15 is 0 Å². The number of carbonyl (C=O) groups excluding carboxylic acids is 2. The fraction of sp³-hybridized carbons (Fsp3) is 0. The van der Waals surface area contributed by atoms with Crippen LogP contribution in [0.3, 0.4) is 0 Å². The Balaban J connectivity index is 1.73. The molecule has 0 spiro atoms. The molecule has 1 aromatic carbocycles. The summed E-state index contributed by atoms with van der Waals surface area (Å²) in [4.78, 5) is 34.0. The van der Waals surface area contributed by atoms with E-state index in [2.05, 4.69) is 15.3 Å². The second-order valence-electron chi connectivity index (χ2n) is 4.94. The molecule has 3 aromatic rings. The summed E-state index contributed by atoms with van der Waals surface area (Å²) in [5.41, 5.74) is 1.38. The minimum Gasteiger partial charge on any atom is -0.302 e. The van der Waals surface area contributed by atoms with Gasteiger partial charge in [-0.3, -0.25) is 9.20 Å². The summed E-state index contributed by atoms with van der Waals surface area (Å²) >= 11 is 0. The van der Waals surface area contributed by atoms with Crippen molar-refractivity contribution in [3.8, 4) is 0 Å². The number of hydrogen-bond acceptors (Lipinski definition) is 4. The number of amides is 3. The highest BCUT2D eigenvalue weighted by Crippen LogP contribution is 2.21. The zero-order valence-corrected chi connectivity index (χ0v) is 11.9. The third kappa shape index (κ3) is 2.15. The topological polar surface area (TPSA) is 79.6 Å².